The zero-order valence-corrected chi connectivity index (χ0v) is 11.4. The molecule has 0 saturated heterocycles. The second kappa shape index (κ2) is 4.35. The molecule has 4 aliphatic rings. The molecule has 0 radical (unpaired) electrons. The molecule has 1 nitrogen and oxygen atoms in total. The summed E-state index contributed by atoms with van der Waals surface area (Å²) < 4.78 is 0. The molecule has 4 saturated carbocycles. The molecule has 0 aromatic carbocycles. The summed E-state index contributed by atoms with van der Waals surface area (Å²) in [4.78, 5) is 12.6. The fraction of sp³-hybridized carbons (Fsp3) is 0.941. The van der Waals surface area contributed by atoms with E-state index >= 15 is 0 Å². The van der Waals surface area contributed by atoms with Gasteiger partial charge >= 0.3 is 0 Å². The lowest BCUT2D eigenvalue weighted by Crippen LogP contribution is -2.35. The number of fused-ring (bicyclic) bond motifs is 4. The van der Waals surface area contributed by atoms with Gasteiger partial charge in [0.25, 0.3) is 0 Å². The molecule has 0 spiro atoms. The standard InChI is InChI=1S/C17H26O/c18-17-14-8-4-3-7-13(14)15-9-11-5-1-2-6-12(11)10-16(15)17/h11-16H,1-10H2. The van der Waals surface area contributed by atoms with Crippen LogP contribution in [0.2, 0.25) is 0 Å². The van der Waals surface area contributed by atoms with E-state index in [1.807, 2.05) is 0 Å². The van der Waals surface area contributed by atoms with Crippen LogP contribution in [0.3, 0.4) is 0 Å². The molecule has 0 N–H and O–H groups in total. The summed E-state index contributed by atoms with van der Waals surface area (Å²) in [6.45, 7) is 0. The average Bonchev–Trinajstić information content (AvgIpc) is 2.71. The number of hydrogen-bond donors (Lipinski definition) is 0. The number of ketones is 1. The maximum absolute atomic E-state index is 12.6. The van der Waals surface area contributed by atoms with Crippen LogP contribution in [0.5, 0.6) is 0 Å². The largest absolute Gasteiger partial charge is 0.299 e. The minimum atomic E-state index is 0.494. The molecular formula is C17H26O. The monoisotopic (exact) mass is 246 g/mol. The first-order chi connectivity index (χ1) is 8.84. The van der Waals surface area contributed by atoms with E-state index in [2.05, 4.69) is 0 Å². The van der Waals surface area contributed by atoms with E-state index in [1.165, 1.54) is 64.2 Å². The lowest BCUT2D eigenvalue weighted by Gasteiger charge is -2.42. The van der Waals surface area contributed by atoms with Crippen LogP contribution >= 0.6 is 0 Å². The van der Waals surface area contributed by atoms with Crippen LogP contribution in [0.1, 0.15) is 64.2 Å². The second-order valence-electron chi connectivity index (χ2n) is 7.50. The predicted molar refractivity (Wildman–Crippen MR) is 72.1 cm³/mol. The minimum Gasteiger partial charge on any atom is -0.299 e. The van der Waals surface area contributed by atoms with E-state index < -0.39 is 0 Å². The van der Waals surface area contributed by atoms with E-state index in [1.54, 1.807) is 0 Å². The highest BCUT2D eigenvalue weighted by molar-refractivity contribution is 5.86. The summed E-state index contributed by atoms with van der Waals surface area (Å²) >= 11 is 0. The van der Waals surface area contributed by atoms with Crippen molar-refractivity contribution in [3.63, 3.8) is 0 Å². The lowest BCUT2D eigenvalue weighted by molar-refractivity contribution is -0.126. The summed E-state index contributed by atoms with van der Waals surface area (Å²) in [6, 6.07) is 0. The molecule has 0 aromatic rings. The van der Waals surface area contributed by atoms with E-state index in [-0.39, 0.29) is 0 Å². The highest BCUT2D eigenvalue weighted by Crippen LogP contribution is 2.56. The zero-order valence-electron chi connectivity index (χ0n) is 11.4. The van der Waals surface area contributed by atoms with Gasteiger partial charge in [0.2, 0.25) is 0 Å². The Hall–Kier alpha value is -0.330. The fourth-order valence-corrected chi connectivity index (χ4v) is 6.02. The van der Waals surface area contributed by atoms with Gasteiger partial charge in [-0.05, 0) is 49.4 Å². The van der Waals surface area contributed by atoms with Crippen LogP contribution in [0.15, 0.2) is 0 Å². The molecule has 1 heteroatoms. The van der Waals surface area contributed by atoms with Crippen molar-refractivity contribution in [3.8, 4) is 0 Å². The molecular weight excluding hydrogens is 220 g/mol. The van der Waals surface area contributed by atoms with Gasteiger partial charge in [-0.2, -0.15) is 0 Å². The Bertz CT molecular complexity index is 348. The molecule has 4 rings (SSSR count). The van der Waals surface area contributed by atoms with Gasteiger partial charge in [-0.1, -0.05) is 38.5 Å². The topological polar surface area (TPSA) is 17.1 Å². The maximum atomic E-state index is 12.6. The lowest BCUT2D eigenvalue weighted by atomic mass is 9.62. The van der Waals surface area contributed by atoms with Crippen molar-refractivity contribution in [2.75, 3.05) is 0 Å². The Balaban J connectivity index is 1.59. The smallest absolute Gasteiger partial charge is 0.139 e. The molecule has 0 amide bonds. The van der Waals surface area contributed by atoms with Crippen LogP contribution in [0.4, 0.5) is 0 Å². The number of carbonyl (C=O) groups excluding carboxylic acids is 1. The summed E-state index contributed by atoms with van der Waals surface area (Å²) in [5, 5.41) is 0. The third-order valence-electron chi connectivity index (χ3n) is 6.82. The highest BCUT2D eigenvalue weighted by Gasteiger charge is 2.53. The van der Waals surface area contributed by atoms with E-state index in [0.717, 1.165) is 23.7 Å². The Morgan fingerprint density at radius 2 is 1.33 bits per heavy atom. The summed E-state index contributed by atoms with van der Waals surface area (Å²) in [5.74, 6) is 5.22. The molecule has 0 bridgehead atoms. The number of Topliss-reactive ketones (excluding diaryl/α,β-unsaturated/α-hetero) is 1. The highest BCUT2D eigenvalue weighted by atomic mass is 16.1. The fourth-order valence-electron chi connectivity index (χ4n) is 6.02. The van der Waals surface area contributed by atoms with Crippen LogP contribution in [0.25, 0.3) is 0 Å². The second-order valence-corrected chi connectivity index (χ2v) is 7.50. The summed E-state index contributed by atoms with van der Waals surface area (Å²) in [5.41, 5.74) is 0. The zero-order chi connectivity index (χ0) is 12.1. The van der Waals surface area contributed by atoms with Crippen molar-refractivity contribution in [1.29, 1.82) is 0 Å². The predicted octanol–water partition coefficient (Wildman–Crippen LogP) is 4.21. The van der Waals surface area contributed by atoms with Gasteiger partial charge in [0.1, 0.15) is 5.78 Å². The van der Waals surface area contributed by atoms with Gasteiger partial charge in [0.15, 0.2) is 0 Å². The van der Waals surface area contributed by atoms with Gasteiger partial charge in [0.05, 0.1) is 0 Å². The van der Waals surface area contributed by atoms with Crippen LogP contribution in [0, 0.1) is 35.5 Å². The van der Waals surface area contributed by atoms with Crippen molar-refractivity contribution in [2.45, 2.75) is 64.2 Å². The summed E-state index contributed by atoms with van der Waals surface area (Å²) in [7, 11) is 0. The normalized spacial score (nSPS) is 51.4. The molecule has 0 heterocycles. The third kappa shape index (κ3) is 1.62. The van der Waals surface area contributed by atoms with Gasteiger partial charge in [-0.3, -0.25) is 4.79 Å². The third-order valence-corrected chi connectivity index (χ3v) is 6.82. The molecule has 0 aliphatic heterocycles. The first-order valence-electron chi connectivity index (χ1n) is 8.38. The SMILES string of the molecule is O=C1C2CCCCC2C2CC3CCCCC3CC12. The van der Waals surface area contributed by atoms with Crippen molar-refractivity contribution < 1.29 is 4.79 Å². The molecule has 4 fully saturated rings. The van der Waals surface area contributed by atoms with Crippen LogP contribution < -0.4 is 0 Å². The maximum Gasteiger partial charge on any atom is 0.139 e. The molecule has 100 valence electrons. The Kier molecular flexibility index (Phi) is 2.78. The van der Waals surface area contributed by atoms with Crippen molar-refractivity contribution in [2.24, 2.45) is 35.5 Å². The van der Waals surface area contributed by atoms with Crippen LogP contribution in [-0.4, -0.2) is 5.78 Å². The molecule has 6 atom stereocenters. The van der Waals surface area contributed by atoms with Crippen LogP contribution in [-0.2, 0) is 4.79 Å². The quantitative estimate of drug-likeness (QED) is 0.626. The van der Waals surface area contributed by atoms with E-state index in [9.17, 15) is 4.79 Å². The molecule has 6 unspecified atom stereocenters. The van der Waals surface area contributed by atoms with Gasteiger partial charge in [-0.25, -0.2) is 0 Å². The van der Waals surface area contributed by atoms with Crippen molar-refractivity contribution in [3.05, 3.63) is 0 Å². The van der Waals surface area contributed by atoms with Crippen molar-refractivity contribution in [1.82, 2.24) is 0 Å². The molecule has 18 heavy (non-hydrogen) atoms. The number of rotatable bonds is 0. The molecule has 0 aromatic heterocycles. The Labute approximate surface area is 111 Å². The van der Waals surface area contributed by atoms with Crippen molar-refractivity contribution >= 4 is 5.78 Å². The van der Waals surface area contributed by atoms with Gasteiger partial charge in [0, 0.05) is 11.8 Å². The molecule has 4 aliphatic carbocycles. The summed E-state index contributed by atoms with van der Waals surface area (Å²) in [6.07, 6.45) is 13.8. The number of hydrogen-bond acceptors (Lipinski definition) is 1. The minimum absolute atomic E-state index is 0.494. The Morgan fingerprint density at radius 3 is 2.17 bits per heavy atom. The first kappa shape index (κ1) is 11.5. The van der Waals surface area contributed by atoms with Gasteiger partial charge in [-0.15, -0.1) is 0 Å². The Morgan fingerprint density at radius 1 is 0.667 bits per heavy atom. The number of carbonyl (C=O) groups is 1. The van der Waals surface area contributed by atoms with E-state index in [0.29, 0.717) is 17.6 Å². The van der Waals surface area contributed by atoms with E-state index in [4.69, 9.17) is 0 Å². The first-order valence-corrected chi connectivity index (χ1v) is 8.38. The van der Waals surface area contributed by atoms with Gasteiger partial charge < -0.3 is 0 Å². The average molecular weight is 246 g/mol.